The fourth-order valence-corrected chi connectivity index (χ4v) is 2.57. The third kappa shape index (κ3) is 3.49. The number of anilines is 1. The molecule has 3 aromatic rings. The van der Waals surface area contributed by atoms with E-state index in [4.69, 9.17) is 0 Å². The highest BCUT2D eigenvalue weighted by atomic mass is 16.3. The number of aliphatic hydroxyl groups excluding tert-OH is 1. The van der Waals surface area contributed by atoms with Crippen LogP contribution in [0.3, 0.4) is 0 Å². The highest BCUT2D eigenvalue weighted by Gasteiger charge is 2.13. The predicted octanol–water partition coefficient (Wildman–Crippen LogP) is 3.69. The fourth-order valence-electron chi connectivity index (χ4n) is 2.57. The average Bonchev–Trinajstić information content (AvgIpc) is 2.61. The molecule has 0 aliphatic carbocycles. The van der Waals surface area contributed by atoms with Crippen LogP contribution in [0.2, 0.25) is 0 Å². The first-order valence-corrected chi connectivity index (χ1v) is 7.49. The number of carbonyl (C=O) groups is 1. The van der Waals surface area contributed by atoms with Crippen molar-refractivity contribution in [1.82, 2.24) is 5.32 Å². The number of carbonyl (C=O) groups excluding carboxylic acids is 1. The second-order valence-electron chi connectivity index (χ2n) is 5.27. The SMILES string of the molecule is O=C(Nc1cccc2ccccc12)NC(CO)c1ccccc1. The zero-order valence-corrected chi connectivity index (χ0v) is 12.6. The quantitative estimate of drug-likeness (QED) is 0.688. The molecule has 2 amide bonds. The third-order valence-electron chi connectivity index (χ3n) is 3.73. The van der Waals surface area contributed by atoms with Crippen molar-refractivity contribution in [3.05, 3.63) is 78.4 Å². The minimum atomic E-state index is -0.439. The highest BCUT2D eigenvalue weighted by molar-refractivity contribution is 6.01. The number of hydrogen-bond acceptors (Lipinski definition) is 2. The van der Waals surface area contributed by atoms with Gasteiger partial charge in [-0.25, -0.2) is 4.79 Å². The number of benzene rings is 3. The predicted molar refractivity (Wildman–Crippen MR) is 92.4 cm³/mol. The molecule has 0 aliphatic heterocycles. The van der Waals surface area contributed by atoms with Gasteiger partial charge in [-0.3, -0.25) is 0 Å². The number of nitrogens with one attached hydrogen (secondary N) is 2. The van der Waals surface area contributed by atoms with Crippen molar-refractivity contribution >= 4 is 22.5 Å². The lowest BCUT2D eigenvalue weighted by molar-refractivity contribution is 0.225. The first-order valence-electron chi connectivity index (χ1n) is 7.49. The summed E-state index contributed by atoms with van der Waals surface area (Å²) in [6.07, 6.45) is 0. The number of rotatable bonds is 4. The number of amides is 2. The van der Waals surface area contributed by atoms with Gasteiger partial charge in [0, 0.05) is 5.39 Å². The van der Waals surface area contributed by atoms with E-state index >= 15 is 0 Å². The van der Waals surface area contributed by atoms with Crippen LogP contribution in [0.1, 0.15) is 11.6 Å². The fraction of sp³-hybridized carbons (Fsp3) is 0.105. The molecule has 4 heteroatoms. The van der Waals surface area contributed by atoms with Gasteiger partial charge in [-0.15, -0.1) is 0 Å². The molecule has 116 valence electrons. The van der Waals surface area contributed by atoms with E-state index in [1.54, 1.807) is 0 Å². The Morgan fingerprint density at radius 3 is 2.39 bits per heavy atom. The monoisotopic (exact) mass is 306 g/mol. The van der Waals surface area contributed by atoms with Crippen molar-refractivity contribution in [3.63, 3.8) is 0 Å². The normalized spacial score (nSPS) is 11.9. The van der Waals surface area contributed by atoms with Gasteiger partial charge >= 0.3 is 6.03 Å². The van der Waals surface area contributed by atoms with Crippen LogP contribution in [-0.4, -0.2) is 17.7 Å². The summed E-state index contributed by atoms with van der Waals surface area (Å²) < 4.78 is 0. The Morgan fingerprint density at radius 2 is 1.61 bits per heavy atom. The van der Waals surface area contributed by atoms with Crippen molar-refractivity contribution < 1.29 is 9.90 Å². The van der Waals surface area contributed by atoms with Gasteiger partial charge in [-0.1, -0.05) is 66.7 Å². The first kappa shape index (κ1) is 15.1. The van der Waals surface area contributed by atoms with Crippen molar-refractivity contribution in [2.75, 3.05) is 11.9 Å². The molecule has 0 aromatic heterocycles. The largest absolute Gasteiger partial charge is 0.394 e. The Labute approximate surface area is 134 Å². The molecule has 3 N–H and O–H groups in total. The van der Waals surface area contributed by atoms with Crippen molar-refractivity contribution in [1.29, 1.82) is 0 Å². The van der Waals surface area contributed by atoms with Gasteiger partial charge in [0.25, 0.3) is 0 Å². The summed E-state index contributed by atoms with van der Waals surface area (Å²) >= 11 is 0. The van der Waals surface area contributed by atoms with Gasteiger partial charge in [0.1, 0.15) is 0 Å². The van der Waals surface area contributed by atoms with Crippen molar-refractivity contribution in [3.8, 4) is 0 Å². The van der Waals surface area contributed by atoms with E-state index in [0.29, 0.717) is 0 Å². The molecule has 1 atom stereocenters. The van der Waals surface area contributed by atoms with Crippen LogP contribution in [0, 0.1) is 0 Å². The zero-order valence-electron chi connectivity index (χ0n) is 12.6. The van der Waals surface area contributed by atoms with Crippen LogP contribution in [-0.2, 0) is 0 Å². The second kappa shape index (κ2) is 6.94. The van der Waals surface area contributed by atoms with E-state index in [9.17, 15) is 9.90 Å². The van der Waals surface area contributed by atoms with Crippen molar-refractivity contribution in [2.24, 2.45) is 0 Å². The van der Waals surface area contributed by atoms with Crippen LogP contribution < -0.4 is 10.6 Å². The van der Waals surface area contributed by atoms with Crippen LogP contribution in [0.4, 0.5) is 10.5 Å². The molecule has 4 nitrogen and oxygen atoms in total. The van der Waals surface area contributed by atoms with Gasteiger partial charge in [0.15, 0.2) is 0 Å². The Bertz CT molecular complexity index is 797. The lowest BCUT2D eigenvalue weighted by Gasteiger charge is -2.17. The van der Waals surface area contributed by atoms with E-state index in [0.717, 1.165) is 22.0 Å². The minimum absolute atomic E-state index is 0.160. The van der Waals surface area contributed by atoms with E-state index in [1.807, 2.05) is 72.8 Å². The molecule has 0 spiro atoms. The molecule has 3 aromatic carbocycles. The topological polar surface area (TPSA) is 61.4 Å². The number of fused-ring (bicyclic) bond motifs is 1. The molecule has 0 fully saturated rings. The van der Waals surface area contributed by atoms with Crippen molar-refractivity contribution in [2.45, 2.75) is 6.04 Å². The van der Waals surface area contributed by atoms with Crippen LogP contribution >= 0.6 is 0 Å². The lowest BCUT2D eigenvalue weighted by Crippen LogP contribution is -2.34. The van der Waals surface area contributed by atoms with Gasteiger partial charge in [-0.05, 0) is 17.0 Å². The molecule has 3 rings (SSSR count). The van der Waals surface area contributed by atoms with Gasteiger partial charge in [0.2, 0.25) is 0 Å². The third-order valence-corrected chi connectivity index (χ3v) is 3.73. The Morgan fingerprint density at radius 1 is 0.913 bits per heavy atom. The summed E-state index contributed by atoms with van der Waals surface area (Å²) in [6, 6.07) is 22.2. The zero-order chi connectivity index (χ0) is 16.1. The molecule has 0 heterocycles. The first-order chi connectivity index (χ1) is 11.3. The van der Waals surface area contributed by atoms with Crippen LogP contribution in [0.5, 0.6) is 0 Å². The second-order valence-corrected chi connectivity index (χ2v) is 5.27. The number of aliphatic hydroxyl groups is 1. The number of urea groups is 1. The van der Waals surface area contributed by atoms with E-state index in [2.05, 4.69) is 10.6 Å². The number of hydrogen-bond donors (Lipinski definition) is 3. The summed E-state index contributed by atoms with van der Waals surface area (Å²) in [5.41, 5.74) is 1.61. The molecule has 0 radical (unpaired) electrons. The average molecular weight is 306 g/mol. The maximum absolute atomic E-state index is 12.3. The summed E-state index contributed by atoms with van der Waals surface area (Å²) in [5.74, 6) is 0. The lowest BCUT2D eigenvalue weighted by atomic mass is 10.1. The molecule has 0 aliphatic rings. The molecular formula is C19H18N2O2. The summed E-state index contributed by atoms with van der Waals surface area (Å²) in [4.78, 5) is 12.3. The standard InChI is InChI=1S/C19H18N2O2/c22-13-18(15-8-2-1-3-9-15)21-19(23)20-17-12-6-10-14-7-4-5-11-16(14)17/h1-12,18,22H,13H2,(H2,20,21,23). The van der Waals surface area contributed by atoms with E-state index in [-0.39, 0.29) is 12.6 Å². The van der Waals surface area contributed by atoms with Gasteiger partial charge < -0.3 is 15.7 Å². The molecular weight excluding hydrogens is 288 g/mol. The summed E-state index contributed by atoms with van der Waals surface area (Å²) in [6.45, 7) is -0.160. The summed E-state index contributed by atoms with van der Waals surface area (Å²) in [7, 11) is 0. The summed E-state index contributed by atoms with van der Waals surface area (Å²) in [5, 5.41) is 17.2. The Balaban J connectivity index is 1.76. The smallest absolute Gasteiger partial charge is 0.319 e. The molecule has 23 heavy (non-hydrogen) atoms. The molecule has 0 saturated heterocycles. The van der Waals surface area contributed by atoms with E-state index in [1.165, 1.54) is 0 Å². The maximum Gasteiger partial charge on any atom is 0.319 e. The Kier molecular flexibility index (Phi) is 4.54. The molecule has 0 saturated carbocycles. The van der Waals surface area contributed by atoms with Gasteiger partial charge in [-0.2, -0.15) is 0 Å². The minimum Gasteiger partial charge on any atom is -0.394 e. The molecule has 1 unspecified atom stereocenters. The highest BCUT2D eigenvalue weighted by Crippen LogP contribution is 2.23. The van der Waals surface area contributed by atoms with E-state index < -0.39 is 6.04 Å². The maximum atomic E-state index is 12.3. The molecule has 0 bridgehead atoms. The van der Waals surface area contributed by atoms with Gasteiger partial charge in [0.05, 0.1) is 18.3 Å². The van der Waals surface area contributed by atoms with Crippen LogP contribution in [0.25, 0.3) is 10.8 Å². The van der Waals surface area contributed by atoms with Crippen LogP contribution in [0.15, 0.2) is 72.8 Å². The Hall–Kier alpha value is -2.85.